The van der Waals surface area contributed by atoms with Crippen LogP contribution in [0.3, 0.4) is 0 Å². The monoisotopic (exact) mass is 363 g/mol. The minimum Gasteiger partial charge on any atom is -0.300 e. The third kappa shape index (κ3) is 5.96. The Morgan fingerprint density at radius 3 is 2.89 bits per heavy atom. The molecule has 2 aliphatic rings. The van der Waals surface area contributed by atoms with E-state index < -0.39 is 0 Å². The van der Waals surface area contributed by atoms with Gasteiger partial charge in [-0.2, -0.15) is 0 Å². The first-order chi connectivity index (χ1) is 13.3. The van der Waals surface area contributed by atoms with Crippen molar-refractivity contribution in [3.05, 3.63) is 65.5 Å². The number of pyridine rings is 1. The molecule has 0 amide bonds. The Morgan fingerprint density at radius 1 is 1.15 bits per heavy atom. The maximum Gasteiger partial charge on any atom is 0.0548 e. The van der Waals surface area contributed by atoms with Gasteiger partial charge in [-0.25, -0.2) is 0 Å². The Bertz CT molecular complexity index is 741. The molecule has 0 spiro atoms. The summed E-state index contributed by atoms with van der Waals surface area (Å²) < 4.78 is 0. The predicted octanol–water partition coefficient (Wildman–Crippen LogP) is 2.57. The fourth-order valence-electron chi connectivity index (χ4n) is 3.48. The molecular weight excluding hydrogens is 334 g/mol. The van der Waals surface area contributed by atoms with Crippen molar-refractivity contribution < 1.29 is 0 Å². The molecule has 4 rings (SSSR count). The number of aromatic nitrogens is 1. The molecule has 2 heterocycles. The third-order valence-electron chi connectivity index (χ3n) is 5.17. The lowest BCUT2D eigenvalue weighted by Gasteiger charge is -2.17. The minimum absolute atomic E-state index is 0.561. The predicted molar refractivity (Wildman–Crippen MR) is 110 cm³/mol. The van der Waals surface area contributed by atoms with Crippen LogP contribution in [0.15, 0.2) is 53.7 Å². The van der Waals surface area contributed by atoms with Crippen molar-refractivity contribution in [2.24, 2.45) is 4.99 Å². The molecule has 142 valence electrons. The summed E-state index contributed by atoms with van der Waals surface area (Å²) in [7, 11) is 0. The van der Waals surface area contributed by atoms with Gasteiger partial charge in [0, 0.05) is 51.3 Å². The maximum absolute atomic E-state index is 4.54. The number of aliphatic imine (C=N–C) groups is 1. The molecule has 0 bridgehead atoms. The van der Waals surface area contributed by atoms with Crippen LogP contribution in [0.1, 0.15) is 36.1 Å². The Labute approximate surface area is 161 Å². The summed E-state index contributed by atoms with van der Waals surface area (Å²) >= 11 is 0. The molecule has 1 unspecified atom stereocenters. The van der Waals surface area contributed by atoms with E-state index in [1.165, 1.54) is 24.8 Å². The molecule has 2 aromatic rings. The van der Waals surface area contributed by atoms with Gasteiger partial charge in [0.2, 0.25) is 0 Å². The normalized spacial score (nSPS) is 20.5. The zero-order valence-electron chi connectivity index (χ0n) is 15.8. The first kappa shape index (κ1) is 18.3. The van der Waals surface area contributed by atoms with Crippen molar-refractivity contribution in [2.45, 2.75) is 44.4 Å². The summed E-state index contributed by atoms with van der Waals surface area (Å²) in [6, 6.07) is 16.0. The largest absolute Gasteiger partial charge is 0.300 e. The number of likely N-dealkylation sites (tertiary alicyclic amines) is 1. The highest BCUT2D eigenvalue weighted by Crippen LogP contribution is 2.23. The average molecular weight is 364 g/mol. The second-order valence-electron chi connectivity index (χ2n) is 7.60. The smallest absolute Gasteiger partial charge is 0.0548 e. The van der Waals surface area contributed by atoms with Crippen molar-refractivity contribution in [1.82, 2.24) is 20.5 Å². The highest BCUT2D eigenvalue weighted by atomic mass is 15.2. The van der Waals surface area contributed by atoms with Crippen molar-refractivity contribution in [3.8, 4) is 0 Å². The molecule has 1 aliphatic heterocycles. The topological polar surface area (TPSA) is 52.6 Å². The van der Waals surface area contributed by atoms with Gasteiger partial charge >= 0.3 is 0 Å². The van der Waals surface area contributed by atoms with Gasteiger partial charge in [0.15, 0.2) is 0 Å². The fourth-order valence-corrected chi connectivity index (χ4v) is 3.48. The molecular formula is C22H29N5. The van der Waals surface area contributed by atoms with Crippen LogP contribution >= 0.6 is 0 Å². The van der Waals surface area contributed by atoms with Crippen LogP contribution in [0, 0.1) is 0 Å². The summed E-state index contributed by atoms with van der Waals surface area (Å²) in [5, 5.41) is 7.08. The number of nitrogens with one attached hydrogen (secondary N) is 2. The molecule has 1 aromatic heterocycles. The van der Waals surface area contributed by atoms with E-state index in [1.54, 1.807) is 0 Å². The van der Waals surface area contributed by atoms with Gasteiger partial charge in [-0.1, -0.05) is 30.3 Å². The van der Waals surface area contributed by atoms with E-state index in [-0.39, 0.29) is 0 Å². The highest BCUT2D eigenvalue weighted by molar-refractivity contribution is 5.79. The maximum atomic E-state index is 4.54. The summed E-state index contributed by atoms with van der Waals surface area (Å²) in [4.78, 5) is 11.5. The van der Waals surface area contributed by atoms with Crippen molar-refractivity contribution in [1.29, 1.82) is 0 Å². The van der Waals surface area contributed by atoms with Crippen LogP contribution < -0.4 is 10.6 Å². The second-order valence-corrected chi connectivity index (χ2v) is 7.60. The van der Waals surface area contributed by atoms with E-state index >= 15 is 0 Å². The number of benzene rings is 1. The van der Waals surface area contributed by atoms with Crippen LogP contribution in [-0.2, 0) is 13.1 Å². The molecule has 2 fully saturated rings. The summed E-state index contributed by atoms with van der Waals surface area (Å²) in [5.41, 5.74) is 3.61. The van der Waals surface area contributed by atoms with Crippen molar-refractivity contribution in [3.63, 3.8) is 0 Å². The molecule has 5 nitrogen and oxygen atoms in total. The molecule has 5 heteroatoms. The zero-order chi connectivity index (χ0) is 18.3. The highest BCUT2D eigenvalue weighted by Gasteiger charge is 2.21. The third-order valence-corrected chi connectivity index (χ3v) is 5.17. The van der Waals surface area contributed by atoms with Gasteiger partial charge in [0.1, 0.15) is 0 Å². The Hall–Kier alpha value is -2.08. The van der Waals surface area contributed by atoms with Crippen LogP contribution in [0.2, 0.25) is 0 Å². The lowest BCUT2D eigenvalue weighted by molar-refractivity contribution is 0.319. The molecule has 2 N–H and O–H groups in total. The number of nitrogens with zero attached hydrogens (tertiary/aromatic N) is 3. The van der Waals surface area contributed by atoms with Gasteiger partial charge < -0.3 is 5.32 Å². The van der Waals surface area contributed by atoms with E-state index in [2.05, 4.69) is 61.9 Å². The number of hydrogen-bond donors (Lipinski definition) is 2. The summed E-state index contributed by atoms with van der Waals surface area (Å²) in [5.74, 6) is 0. The lowest BCUT2D eigenvalue weighted by atomic mass is 10.2. The van der Waals surface area contributed by atoms with E-state index in [4.69, 9.17) is 0 Å². The molecule has 1 atom stereocenters. The SMILES string of the molecule is C(=N\C1CC1)/c1ccnc(CNCNC2CCN(Cc3ccccc3)C2)c1. The van der Waals surface area contributed by atoms with Crippen LogP contribution in [-0.4, -0.2) is 47.9 Å². The van der Waals surface area contributed by atoms with E-state index in [0.29, 0.717) is 12.1 Å². The van der Waals surface area contributed by atoms with Crippen LogP contribution in [0.25, 0.3) is 0 Å². The van der Waals surface area contributed by atoms with Gasteiger partial charge in [-0.05, 0) is 42.5 Å². The summed E-state index contributed by atoms with van der Waals surface area (Å²) in [6.45, 7) is 4.91. The number of hydrogen-bond acceptors (Lipinski definition) is 5. The van der Waals surface area contributed by atoms with Gasteiger partial charge in [-0.15, -0.1) is 0 Å². The summed E-state index contributed by atoms with van der Waals surface area (Å²) in [6.07, 6.45) is 7.55. The lowest BCUT2D eigenvalue weighted by Crippen LogP contribution is -2.38. The minimum atomic E-state index is 0.561. The first-order valence-electron chi connectivity index (χ1n) is 10.0. The van der Waals surface area contributed by atoms with Gasteiger partial charge in [-0.3, -0.25) is 20.2 Å². The van der Waals surface area contributed by atoms with Crippen molar-refractivity contribution >= 4 is 6.21 Å². The average Bonchev–Trinajstić information content (AvgIpc) is 3.43. The number of rotatable bonds is 9. The van der Waals surface area contributed by atoms with E-state index in [0.717, 1.165) is 44.1 Å². The van der Waals surface area contributed by atoms with Crippen molar-refractivity contribution in [2.75, 3.05) is 19.8 Å². The molecule has 1 aromatic carbocycles. The van der Waals surface area contributed by atoms with Gasteiger partial charge in [0.25, 0.3) is 0 Å². The van der Waals surface area contributed by atoms with E-state index in [9.17, 15) is 0 Å². The molecule has 1 saturated carbocycles. The molecule has 0 radical (unpaired) electrons. The Morgan fingerprint density at radius 2 is 2.04 bits per heavy atom. The molecule has 1 saturated heterocycles. The first-order valence-corrected chi connectivity index (χ1v) is 10.0. The Balaban J connectivity index is 1.15. The van der Waals surface area contributed by atoms with Crippen LogP contribution in [0.5, 0.6) is 0 Å². The van der Waals surface area contributed by atoms with Gasteiger partial charge in [0.05, 0.1) is 11.7 Å². The second kappa shape index (κ2) is 9.22. The Kier molecular flexibility index (Phi) is 6.25. The molecule has 1 aliphatic carbocycles. The van der Waals surface area contributed by atoms with E-state index in [1.807, 2.05) is 18.5 Å². The standard InChI is InChI=1S/C22H29N5/c1-2-4-18(5-3-1)15-27-11-9-21(16-27)26-17-23-14-22-12-19(8-10-24-22)13-25-20-6-7-20/h1-5,8,10,12-13,20-21,23,26H,6-7,9,11,14-17H2/b25-13+. The zero-order valence-corrected chi connectivity index (χ0v) is 15.8. The molecule has 27 heavy (non-hydrogen) atoms. The fraction of sp³-hybridized carbons (Fsp3) is 0.455. The van der Waals surface area contributed by atoms with Crippen LogP contribution in [0.4, 0.5) is 0 Å². The quantitative estimate of drug-likeness (QED) is 0.408.